The minimum absolute atomic E-state index is 0.359. The van der Waals surface area contributed by atoms with Gasteiger partial charge in [-0.25, -0.2) is 0 Å². The molecule has 0 atom stereocenters. The average molecular weight is 233 g/mol. The number of aromatic nitrogens is 2. The third-order valence-electron chi connectivity index (χ3n) is 2.56. The molecule has 2 aromatic rings. The van der Waals surface area contributed by atoms with E-state index in [1.54, 1.807) is 0 Å². The number of para-hydroxylation sites is 1. The van der Waals surface area contributed by atoms with Gasteiger partial charge in [0.1, 0.15) is 5.75 Å². The van der Waals surface area contributed by atoms with Crippen molar-refractivity contribution >= 4 is 0 Å². The van der Waals surface area contributed by atoms with Gasteiger partial charge in [0.05, 0.1) is 0 Å². The summed E-state index contributed by atoms with van der Waals surface area (Å²) >= 11 is 0. The van der Waals surface area contributed by atoms with E-state index in [9.17, 15) is 5.11 Å². The quantitative estimate of drug-likeness (QED) is 0.764. The number of benzene rings is 1. The molecular formula is C12H15N3O2. The molecule has 0 fully saturated rings. The summed E-state index contributed by atoms with van der Waals surface area (Å²) in [6, 6.07) is 5.73. The predicted molar refractivity (Wildman–Crippen MR) is 62.6 cm³/mol. The maximum Gasteiger partial charge on any atom is 0.227 e. The molecule has 1 aromatic carbocycles. The highest BCUT2D eigenvalue weighted by Crippen LogP contribution is 2.20. The standard InChI is InChI=1S/C12H15N3O2/c1-9-3-2-4-10(12(9)16)7-13-6-5-11-14-8-15-17-11/h2-4,8,13,16H,5-7H2,1H3. The number of hydrogen-bond acceptors (Lipinski definition) is 5. The van der Waals surface area contributed by atoms with E-state index in [2.05, 4.69) is 15.5 Å². The van der Waals surface area contributed by atoms with Crippen LogP contribution in [0.4, 0.5) is 0 Å². The van der Waals surface area contributed by atoms with Crippen LogP contribution in [-0.4, -0.2) is 21.8 Å². The number of hydrogen-bond donors (Lipinski definition) is 2. The molecule has 5 nitrogen and oxygen atoms in total. The van der Waals surface area contributed by atoms with Crippen LogP contribution in [0, 0.1) is 6.92 Å². The smallest absolute Gasteiger partial charge is 0.227 e. The Labute approximate surface area is 99.5 Å². The summed E-state index contributed by atoms with van der Waals surface area (Å²) in [5, 5.41) is 16.6. The van der Waals surface area contributed by atoms with Crippen molar-refractivity contribution in [3.05, 3.63) is 41.5 Å². The molecule has 0 radical (unpaired) electrons. The van der Waals surface area contributed by atoms with Crippen molar-refractivity contribution in [2.45, 2.75) is 19.9 Å². The first-order valence-corrected chi connectivity index (χ1v) is 5.51. The van der Waals surface area contributed by atoms with Gasteiger partial charge in [-0.05, 0) is 12.5 Å². The molecule has 0 spiro atoms. The monoisotopic (exact) mass is 233 g/mol. The van der Waals surface area contributed by atoms with Crippen molar-refractivity contribution in [2.75, 3.05) is 6.54 Å². The Kier molecular flexibility index (Phi) is 3.72. The summed E-state index contributed by atoms with van der Waals surface area (Å²) in [5.74, 6) is 0.976. The minimum Gasteiger partial charge on any atom is -0.507 e. The topological polar surface area (TPSA) is 71.2 Å². The van der Waals surface area contributed by atoms with E-state index in [1.165, 1.54) is 6.33 Å². The first-order chi connectivity index (χ1) is 8.27. The molecule has 1 heterocycles. The Morgan fingerprint density at radius 2 is 2.29 bits per heavy atom. The molecule has 90 valence electrons. The molecule has 2 rings (SSSR count). The molecule has 0 bridgehead atoms. The number of phenols is 1. The molecule has 17 heavy (non-hydrogen) atoms. The lowest BCUT2D eigenvalue weighted by atomic mass is 10.1. The van der Waals surface area contributed by atoms with Crippen LogP contribution in [0.3, 0.4) is 0 Å². The maximum atomic E-state index is 9.80. The first kappa shape index (κ1) is 11.6. The van der Waals surface area contributed by atoms with E-state index in [-0.39, 0.29) is 0 Å². The molecule has 0 amide bonds. The Hall–Kier alpha value is -1.88. The summed E-state index contributed by atoms with van der Waals surface area (Å²) in [5.41, 5.74) is 1.79. The third-order valence-corrected chi connectivity index (χ3v) is 2.56. The van der Waals surface area contributed by atoms with Crippen LogP contribution in [0.25, 0.3) is 0 Å². The second-order valence-corrected chi connectivity index (χ2v) is 3.84. The van der Waals surface area contributed by atoms with Gasteiger partial charge in [0.2, 0.25) is 5.89 Å². The van der Waals surface area contributed by atoms with Crippen LogP contribution in [0.2, 0.25) is 0 Å². The number of aryl methyl sites for hydroxylation is 1. The molecule has 5 heteroatoms. The third kappa shape index (κ3) is 3.04. The van der Waals surface area contributed by atoms with E-state index in [1.807, 2.05) is 25.1 Å². The van der Waals surface area contributed by atoms with Crippen molar-refractivity contribution in [2.24, 2.45) is 0 Å². The fraction of sp³-hybridized carbons (Fsp3) is 0.333. The SMILES string of the molecule is Cc1cccc(CNCCc2ncno2)c1O. The molecule has 2 N–H and O–H groups in total. The van der Waals surface area contributed by atoms with Gasteiger partial charge in [0.25, 0.3) is 0 Å². The molecule has 0 aliphatic carbocycles. The molecule has 0 aliphatic rings. The first-order valence-electron chi connectivity index (χ1n) is 5.51. The number of phenolic OH excluding ortho intramolecular Hbond substituents is 1. The zero-order valence-electron chi connectivity index (χ0n) is 9.68. The van der Waals surface area contributed by atoms with Gasteiger partial charge in [0, 0.05) is 25.1 Å². The zero-order valence-corrected chi connectivity index (χ0v) is 9.68. The summed E-state index contributed by atoms with van der Waals surface area (Å²) in [6.07, 6.45) is 2.08. The highest BCUT2D eigenvalue weighted by Gasteiger charge is 2.03. The van der Waals surface area contributed by atoms with Gasteiger partial charge < -0.3 is 14.9 Å². The van der Waals surface area contributed by atoms with Crippen molar-refractivity contribution in [1.82, 2.24) is 15.5 Å². The zero-order chi connectivity index (χ0) is 12.1. The normalized spacial score (nSPS) is 10.6. The number of rotatable bonds is 5. The highest BCUT2D eigenvalue weighted by molar-refractivity contribution is 5.39. The van der Waals surface area contributed by atoms with E-state index in [0.717, 1.165) is 17.7 Å². The van der Waals surface area contributed by atoms with E-state index < -0.39 is 0 Å². The van der Waals surface area contributed by atoms with Gasteiger partial charge in [-0.15, -0.1) is 0 Å². The lowest BCUT2D eigenvalue weighted by molar-refractivity contribution is 0.374. The van der Waals surface area contributed by atoms with Crippen molar-refractivity contribution in [3.63, 3.8) is 0 Å². The molecule has 0 aliphatic heterocycles. The summed E-state index contributed by atoms with van der Waals surface area (Å²) < 4.78 is 4.88. The van der Waals surface area contributed by atoms with Crippen molar-refractivity contribution in [1.29, 1.82) is 0 Å². The van der Waals surface area contributed by atoms with E-state index in [4.69, 9.17) is 4.52 Å². The summed E-state index contributed by atoms with van der Waals surface area (Å²) in [6.45, 7) is 3.24. The van der Waals surface area contributed by atoms with Crippen LogP contribution in [0.5, 0.6) is 5.75 Å². The van der Waals surface area contributed by atoms with Crippen LogP contribution in [0.1, 0.15) is 17.0 Å². The summed E-state index contributed by atoms with van der Waals surface area (Å²) in [4.78, 5) is 3.93. The second-order valence-electron chi connectivity index (χ2n) is 3.84. The second kappa shape index (κ2) is 5.45. The van der Waals surface area contributed by atoms with Crippen LogP contribution >= 0.6 is 0 Å². The van der Waals surface area contributed by atoms with E-state index >= 15 is 0 Å². The highest BCUT2D eigenvalue weighted by atomic mass is 16.5. The molecule has 0 saturated carbocycles. The fourth-order valence-corrected chi connectivity index (χ4v) is 1.59. The van der Waals surface area contributed by atoms with E-state index in [0.29, 0.717) is 24.6 Å². The summed E-state index contributed by atoms with van der Waals surface area (Å²) in [7, 11) is 0. The van der Waals surface area contributed by atoms with Gasteiger partial charge in [-0.1, -0.05) is 23.4 Å². The Morgan fingerprint density at radius 1 is 1.41 bits per heavy atom. The predicted octanol–water partition coefficient (Wildman–Crippen LogP) is 1.42. The van der Waals surface area contributed by atoms with Gasteiger partial charge in [0.15, 0.2) is 6.33 Å². The lowest BCUT2D eigenvalue weighted by Crippen LogP contribution is -2.17. The molecule has 0 unspecified atom stereocenters. The Balaban J connectivity index is 1.80. The molecule has 1 aromatic heterocycles. The van der Waals surface area contributed by atoms with Crippen molar-refractivity contribution < 1.29 is 9.63 Å². The minimum atomic E-state index is 0.359. The fourth-order valence-electron chi connectivity index (χ4n) is 1.59. The van der Waals surface area contributed by atoms with Crippen LogP contribution in [0.15, 0.2) is 29.0 Å². The number of aromatic hydroxyl groups is 1. The Bertz CT molecular complexity index is 469. The molecule has 0 saturated heterocycles. The van der Waals surface area contributed by atoms with Crippen molar-refractivity contribution in [3.8, 4) is 5.75 Å². The maximum absolute atomic E-state index is 9.80. The van der Waals surface area contributed by atoms with Gasteiger partial charge in [-0.3, -0.25) is 0 Å². The molecular weight excluding hydrogens is 218 g/mol. The van der Waals surface area contributed by atoms with Gasteiger partial charge >= 0.3 is 0 Å². The van der Waals surface area contributed by atoms with Crippen LogP contribution < -0.4 is 5.32 Å². The van der Waals surface area contributed by atoms with Gasteiger partial charge in [-0.2, -0.15) is 4.98 Å². The largest absolute Gasteiger partial charge is 0.507 e. The number of nitrogens with one attached hydrogen (secondary N) is 1. The number of nitrogens with zero attached hydrogens (tertiary/aromatic N) is 2. The average Bonchev–Trinajstić information content (AvgIpc) is 2.83. The lowest BCUT2D eigenvalue weighted by Gasteiger charge is -2.07. The Morgan fingerprint density at radius 3 is 3.06 bits per heavy atom. The van der Waals surface area contributed by atoms with Crippen LogP contribution in [-0.2, 0) is 13.0 Å².